The number of carbonyl (C=O) groups is 2. The quantitative estimate of drug-likeness (QED) is 0.655. The highest BCUT2D eigenvalue weighted by Gasteiger charge is 2.53. The van der Waals surface area contributed by atoms with Crippen LogP contribution in [0, 0.1) is 23.2 Å². The van der Waals surface area contributed by atoms with Gasteiger partial charge in [0.1, 0.15) is 13.2 Å². The van der Waals surface area contributed by atoms with Crippen LogP contribution in [0.4, 0.5) is 5.69 Å². The van der Waals surface area contributed by atoms with Gasteiger partial charge in [-0.25, -0.2) is 0 Å². The second-order valence-electron chi connectivity index (χ2n) is 10.9. The lowest BCUT2D eigenvalue weighted by Crippen LogP contribution is -2.56. The van der Waals surface area contributed by atoms with E-state index in [1.54, 1.807) is 0 Å². The summed E-state index contributed by atoms with van der Waals surface area (Å²) in [5, 5.41) is 3.93. The van der Waals surface area contributed by atoms with Gasteiger partial charge in [0.05, 0.1) is 0 Å². The van der Waals surface area contributed by atoms with Gasteiger partial charge in [-0.1, -0.05) is 17.7 Å². The highest BCUT2D eigenvalue weighted by Crippen LogP contribution is 2.61. The van der Waals surface area contributed by atoms with E-state index in [0.29, 0.717) is 13.1 Å². The number of ether oxygens (including phenoxy) is 1. The molecule has 180 valence electrons. The van der Waals surface area contributed by atoms with Crippen molar-refractivity contribution in [3.8, 4) is 0 Å². The van der Waals surface area contributed by atoms with Gasteiger partial charge in [-0.05, 0) is 86.8 Å². The van der Waals surface area contributed by atoms with Crippen LogP contribution in [0.5, 0.6) is 0 Å². The fourth-order valence-electron chi connectivity index (χ4n) is 7.35. The van der Waals surface area contributed by atoms with Crippen LogP contribution in [0.2, 0.25) is 5.02 Å². The van der Waals surface area contributed by atoms with Crippen molar-refractivity contribution >= 4 is 29.1 Å². The van der Waals surface area contributed by atoms with E-state index in [0.717, 1.165) is 41.6 Å². The van der Waals surface area contributed by atoms with Crippen molar-refractivity contribution in [1.29, 1.82) is 0 Å². The Morgan fingerprint density at radius 3 is 2.30 bits per heavy atom. The maximum Gasteiger partial charge on any atom is 0.248 e. The zero-order chi connectivity index (χ0) is 23.0. The molecule has 1 N–H and O–H groups in total. The molecule has 33 heavy (non-hydrogen) atoms. The second-order valence-corrected chi connectivity index (χ2v) is 11.3. The van der Waals surface area contributed by atoms with Gasteiger partial charge in [0.25, 0.3) is 0 Å². The van der Waals surface area contributed by atoms with Crippen molar-refractivity contribution in [2.45, 2.75) is 51.5 Å². The van der Waals surface area contributed by atoms with Gasteiger partial charge in [-0.3, -0.25) is 9.59 Å². The summed E-state index contributed by atoms with van der Waals surface area (Å²) >= 11 is 6.09. The van der Waals surface area contributed by atoms with Gasteiger partial charge >= 0.3 is 0 Å². The molecule has 4 aliphatic carbocycles. The predicted octanol–water partition coefficient (Wildman–Crippen LogP) is 3.73. The largest absolute Gasteiger partial charge is 0.368 e. The normalized spacial score (nSPS) is 31.5. The minimum atomic E-state index is -0.100. The molecule has 1 aliphatic heterocycles. The number of nitrogens with zero attached hydrogens (tertiary/aromatic N) is 2. The van der Waals surface area contributed by atoms with Gasteiger partial charge in [-0.2, -0.15) is 0 Å². The minimum Gasteiger partial charge on any atom is -0.368 e. The lowest BCUT2D eigenvalue weighted by molar-refractivity contribution is -0.139. The molecule has 2 amide bonds. The molecule has 1 atom stereocenters. The van der Waals surface area contributed by atoms with Gasteiger partial charge in [0.15, 0.2) is 0 Å². The van der Waals surface area contributed by atoms with Crippen LogP contribution in [-0.2, 0) is 14.3 Å². The lowest BCUT2D eigenvalue weighted by atomic mass is 9.48. The average molecular weight is 474 g/mol. The summed E-state index contributed by atoms with van der Waals surface area (Å²) < 4.78 is 5.52. The Hall–Kier alpha value is -1.79. The van der Waals surface area contributed by atoms with E-state index in [1.165, 1.54) is 38.5 Å². The van der Waals surface area contributed by atoms with Crippen LogP contribution in [0.3, 0.4) is 0 Å². The summed E-state index contributed by atoms with van der Waals surface area (Å²) in [5.41, 5.74) is 1.36. The maximum atomic E-state index is 12.6. The van der Waals surface area contributed by atoms with Crippen LogP contribution < -0.4 is 10.2 Å². The van der Waals surface area contributed by atoms with Crippen molar-refractivity contribution < 1.29 is 14.3 Å². The number of hydrogen-bond donors (Lipinski definition) is 1. The molecule has 7 heteroatoms. The second kappa shape index (κ2) is 9.46. The Bertz CT molecular complexity index is 848. The molecule has 0 unspecified atom stereocenters. The van der Waals surface area contributed by atoms with E-state index in [-0.39, 0.29) is 36.5 Å². The zero-order valence-electron chi connectivity index (χ0n) is 19.6. The van der Waals surface area contributed by atoms with Crippen molar-refractivity contribution in [3.05, 3.63) is 29.3 Å². The lowest BCUT2D eigenvalue weighted by Gasteiger charge is -2.59. The number of anilines is 1. The van der Waals surface area contributed by atoms with Crippen LogP contribution in [0.1, 0.15) is 45.4 Å². The highest BCUT2D eigenvalue weighted by molar-refractivity contribution is 6.30. The SMILES string of the molecule is C[C@@H](NC(=O)COCC(=O)N1CCN(c2cccc(Cl)c2)CC1)C12CC3CC(CC(C3)C1)C2. The number of hydrogen-bond acceptors (Lipinski definition) is 4. The number of halogens is 1. The molecule has 5 aliphatic rings. The van der Waals surface area contributed by atoms with Gasteiger partial charge < -0.3 is 19.9 Å². The summed E-state index contributed by atoms with van der Waals surface area (Å²) in [7, 11) is 0. The van der Waals surface area contributed by atoms with E-state index >= 15 is 0 Å². The molecule has 0 radical (unpaired) electrons. The van der Waals surface area contributed by atoms with Crippen molar-refractivity contribution in [3.63, 3.8) is 0 Å². The van der Waals surface area contributed by atoms with E-state index in [4.69, 9.17) is 16.3 Å². The molecule has 5 fully saturated rings. The Balaban J connectivity index is 1.03. The van der Waals surface area contributed by atoms with Crippen LogP contribution in [0.15, 0.2) is 24.3 Å². The molecular weight excluding hydrogens is 438 g/mol. The summed E-state index contributed by atoms with van der Waals surface area (Å²) in [6.45, 7) is 4.88. The minimum absolute atomic E-state index is 0.0453. The molecule has 4 saturated carbocycles. The number of nitrogens with one attached hydrogen (secondary N) is 1. The fraction of sp³-hybridized carbons (Fsp3) is 0.692. The third kappa shape index (κ3) is 5.02. The van der Waals surface area contributed by atoms with Crippen LogP contribution in [0.25, 0.3) is 0 Å². The molecule has 1 aromatic rings. The molecule has 6 rings (SSSR count). The van der Waals surface area contributed by atoms with Gasteiger partial charge in [0.2, 0.25) is 11.8 Å². The first kappa shape index (κ1) is 23.0. The Morgan fingerprint density at radius 2 is 1.70 bits per heavy atom. The van der Waals surface area contributed by atoms with E-state index < -0.39 is 0 Å². The topological polar surface area (TPSA) is 61.9 Å². The van der Waals surface area contributed by atoms with E-state index in [1.807, 2.05) is 29.2 Å². The molecule has 0 aromatic heterocycles. The number of rotatable bonds is 7. The molecule has 4 bridgehead atoms. The first-order chi connectivity index (χ1) is 15.9. The van der Waals surface area contributed by atoms with E-state index in [2.05, 4.69) is 17.1 Å². The monoisotopic (exact) mass is 473 g/mol. The van der Waals surface area contributed by atoms with Gasteiger partial charge in [0, 0.05) is 42.9 Å². The Labute approximate surface area is 202 Å². The third-order valence-corrected chi connectivity index (χ3v) is 8.88. The first-order valence-corrected chi connectivity index (χ1v) is 12.9. The number of carbonyl (C=O) groups excluding carboxylic acids is 2. The van der Waals surface area contributed by atoms with Crippen molar-refractivity contribution in [2.24, 2.45) is 23.2 Å². The number of piperazine rings is 1. The van der Waals surface area contributed by atoms with Crippen LogP contribution >= 0.6 is 11.6 Å². The Kier molecular flexibility index (Phi) is 6.58. The molecule has 0 spiro atoms. The van der Waals surface area contributed by atoms with Crippen LogP contribution in [-0.4, -0.2) is 62.1 Å². The van der Waals surface area contributed by atoms with Crippen molar-refractivity contribution in [1.82, 2.24) is 10.2 Å². The highest BCUT2D eigenvalue weighted by atomic mass is 35.5. The summed E-state index contributed by atoms with van der Waals surface area (Å²) in [5.74, 6) is 2.44. The maximum absolute atomic E-state index is 12.6. The summed E-state index contributed by atoms with van der Waals surface area (Å²) in [6, 6.07) is 7.97. The zero-order valence-corrected chi connectivity index (χ0v) is 20.4. The number of benzene rings is 1. The van der Waals surface area contributed by atoms with Crippen molar-refractivity contribution in [2.75, 3.05) is 44.3 Å². The predicted molar refractivity (Wildman–Crippen MR) is 129 cm³/mol. The molecule has 6 nitrogen and oxygen atoms in total. The van der Waals surface area contributed by atoms with Gasteiger partial charge in [-0.15, -0.1) is 0 Å². The average Bonchev–Trinajstić information content (AvgIpc) is 2.78. The first-order valence-electron chi connectivity index (χ1n) is 12.6. The van der Waals surface area contributed by atoms with E-state index in [9.17, 15) is 9.59 Å². The molecule has 1 aromatic carbocycles. The molecule has 1 saturated heterocycles. The standard InChI is InChI=1S/C26H36ClN3O3/c1-18(26-13-19-9-20(14-26)11-21(10-19)15-26)28-24(31)16-33-17-25(32)30-7-5-29(6-8-30)23-4-2-3-22(27)12-23/h2-4,12,18-21H,5-11,13-17H2,1H3,(H,28,31)/t18-,19?,20?,21?,26?/m1/s1. The third-order valence-electron chi connectivity index (χ3n) is 8.65. The summed E-state index contributed by atoms with van der Waals surface area (Å²) in [4.78, 5) is 29.2. The Morgan fingerprint density at radius 1 is 1.06 bits per heavy atom. The molecular formula is C26H36ClN3O3. The smallest absolute Gasteiger partial charge is 0.248 e. The number of amides is 2. The molecule has 1 heterocycles. The fourth-order valence-corrected chi connectivity index (χ4v) is 7.54. The summed E-state index contributed by atoms with van der Waals surface area (Å²) in [6.07, 6.45) is 8.00.